The van der Waals surface area contributed by atoms with Gasteiger partial charge in [-0.05, 0) is 71.3 Å². The van der Waals surface area contributed by atoms with Crippen molar-refractivity contribution in [2.24, 2.45) is 0 Å². The van der Waals surface area contributed by atoms with Crippen molar-refractivity contribution in [1.29, 1.82) is 0 Å². The van der Waals surface area contributed by atoms with Crippen molar-refractivity contribution >= 4 is 53.3 Å². The Balaban J connectivity index is 1.13. The smallest absolute Gasteiger partial charge is 0.357 e. The first-order valence-corrected chi connectivity index (χ1v) is 19.0. The summed E-state index contributed by atoms with van der Waals surface area (Å²) in [5, 5.41) is 1.79. The number of hydrogen-bond donors (Lipinski definition) is 1. The molecular formula is C37H32FN5O6S2. The van der Waals surface area contributed by atoms with Gasteiger partial charge >= 0.3 is 10.1 Å². The van der Waals surface area contributed by atoms with Crippen molar-refractivity contribution in [3.05, 3.63) is 133 Å². The third kappa shape index (κ3) is 7.38. The van der Waals surface area contributed by atoms with Gasteiger partial charge in [0.05, 0.1) is 0 Å². The van der Waals surface area contributed by atoms with Crippen LogP contribution in [0.5, 0.6) is 5.75 Å². The number of anilines is 1. The molecule has 1 N–H and O–H groups in total. The van der Waals surface area contributed by atoms with E-state index < -0.39 is 32.1 Å². The van der Waals surface area contributed by atoms with Gasteiger partial charge in [-0.1, -0.05) is 60.7 Å². The second-order valence-corrected chi connectivity index (χ2v) is 15.1. The lowest BCUT2D eigenvalue weighted by Crippen LogP contribution is -2.55. The molecule has 1 saturated heterocycles. The van der Waals surface area contributed by atoms with Gasteiger partial charge < -0.3 is 14.0 Å². The minimum absolute atomic E-state index is 0.0220. The quantitative estimate of drug-likeness (QED) is 0.195. The first-order chi connectivity index (χ1) is 24.6. The Labute approximate surface area is 294 Å². The molecule has 4 aromatic carbocycles. The molecule has 2 aromatic heterocycles. The van der Waals surface area contributed by atoms with Crippen LogP contribution in [0.1, 0.15) is 5.56 Å². The van der Waals surface area contributed by atoms with E-state index in [4.69, 9.17) is 4.18 Å². The molecule has 3 heterocycles. The van der Waals surface area contributed by atoms with Gasteiger partial charge in [-0.3, -0.25) is 4.79 Å². The molecule has 0 spiro atoms. The van der Waals surface area contributed by atoms with Gasteiger partial charge in [0.15, 0.2) is 5.03 Å². The zero-order chi connectivity index (χ0) is 35.6. The molecule has 1 amide bonds. The van der Waals surface area contributed by atoms with E-state index in [1.54, 1.807) is 89.8 Å². The van der Waals surface area contributed by atoms with E-state index in [0.29, 0.717) is 53.3 Å². The number of rotatable bonds is 10. The van der Waals surface area contributed by atoms with Crippen LogP contribution in [-0.2, 0) is 31.4 Å². The summed E-state index contributed by atoms with van der Waals surface area (Å²) in [4.78, 5) is 25.9. The zero-order valence-electron chi connectivity index (χ0n) is 27.1. The number of halogens is 1. The Morgan fingerprint density at radius 3 is 1.92 bits per heavy atom. The van der Waals surface area contributed by atoms with Gasteiger partial charge in [0.25, 0.3) is 10.0 Å². The summed E-state index contributed by atoms with van der Waals surface area (Å²) >= 11 is 0. The van der Waals surface area contributed by atoms with Crippen molar-refractivity contribution in [1.82, 2.24) is 19.6 Å². The van der Waals surface area contributed by atoms with Crippen molar-refractivity contribution in [3.63, 3.8) is 0 Å². The van der Waals surface area contributed by atoms with Gasteiger partial charge in [0.1, 0.15) is 17.6 Å². The first-order valence-electron chi connectivity index (χ1n) is 16.1. The maximum absolute atomic E-state index is 14.1. The molecule has 260 valence electrons. The third-order valence-electron chi connectivity index (χ3n) is 8.71. The highest BCUT2D eigenvalue weighted by Gasteiger charge is 2.33. The number of hydrogen-bond acceptors (Lipinski definition) is 9. The maximum Gasteiger partial charge on any atom is 0.357 e. The van der Waals surface area contributed by atoms with E-state index in [1.807, 2.05) is 4.90 Å². The van der Waals surface area contributed by atoms with Gasteiger partial charge in [-0.25, -0.2) is 22.8 Å². The zero-order valence-corrected chi connectivity index (χ0v) is 28.7. The van der Waals surface area contributed by atoms with Crippen LogP contribution < -0.4 is 13.8 Å². The Kier molecular flexibility index (Phi) is 9.38. The number of benzene rings is 4. The SMILES string of the molecule is O=C([C@H](Cc1ccc(OS(=O)(=O)c2nccc3ccccc23)cc1)NS(=O)(=O)c1nccc2ccccc12)N1CCN(c2ccc(F)cc2)CC1. The second-order valence-electron chi connectivity index (χ2n) is 12.0. The van der Waals surface area contributed by atoms with Crippen LogP contribution in [0.15, 0.2) is 132 Å². The van der Waals surface area contributed by atoms with Gasteiger partial charge in [0, 0.05) is 55.0 Å². The van der Waals surface area contributed by atoms with Gasteiger partial charge in [0.2, 0.25) is 10.9 Å². The summed E-state index contributed by atoms with van der Waals surface area (Å²) in [6.07, 6.45) is 2.76. The largest absolute Gasteiger partial charge is 0.378 e. The van der Waals surface area contributed by atoms with E-state index in [0.717, 1.165) is 5.69 Å². The summed E-state index contributed by atoms with van der Waals surface area (Å²) in [5.41, 5.74) is 1.38. The lowest BCUT2D eigenvalue weighted by molar-refractivity contribution is -0.133. The number of piperazine rings is 1. The van der Waals surface area contributed by atoms with Crippen molar-refractivity contribution in [3.8, 4) is 5.75 Å². The van der Waals surface area contributed by atoms with Crippen molar-refractivity contribution < 1.29 is 30.2 Å². The number of amides is 1. The summed E-state index contributed by atoms with van der Waals surface area (Å²) in [6, 6.07) is 28.2. The van der Waals surface area contributed by atoms with Gasteiger partial charge in [-0.15, -0.1) is 0 Å². The Hall–Kier alpha value is -5.44. The second kappa shape index (κ2) is 14.1. The number of nitrogens with one attached hydrogen (secondary N) is 1. The van der Waals surface area contributed by atoms with E-state index >= 15 is 0 Å². The molecule has 6 aromatic rings. The van der Waals surface area contributed by atoms with Crippen LogP contribution in [-0.4, -0.2) is 69.8 Å². The normalized spacial score (nSPS) is 14.5. The molecule has 14 heteroatoms. The topological polar surface area (TPSA) is 139 Å². The molecule has 51 heavy (non-hydrogen) atoms. The average Bonchev–Trinajstić information content (AvgIpc) is 3.14. The number of carbonyl (C=O) groups excluding carboxylic acids is 1. The minimum atomic E-state index is -4.30. The highest BCUT2D eigenvalue weighted by atomic mass is 32.2. The molecule has 11 nitrogen and oxygen atoms in total. The molecular weight excluding hydrogens is 694 g/mol. The minimum Gasteiger partial charge on any atom is -0.378 e. The van der Waals surface area contributed by atoms with E-state index in [1.165, 1.54) is 36.7 Å². The Morgan fingerprint density at radius 2 is 1.29 bits per heavy atom. The van der Waals surface area contributed by atoms with Crippen LogP contribution in [0.2, 0.25) is 0 Å². The van der Waals surface area contributed by atoms with Gasteiger partial charge in [-0.2, -0.15) is 13.1 Å². The van der Waals surface area contributed by atoms with E-state index in [2.05, 4.69) is 14.7 Å². The molecule has 1 aliphatic rings. The number of sulfonamides is 1. The highest BCUT2D eigenvalue weighted by Crippen LogP contribution is 2.26. The molecule has 1 fully saturated rings. The lowest BCUT2D eigenvalue weighted by atomic mass is 10.0. The number of fused-ring (bicyclic) bond motifs is 2. The van der Waals surface area contributed by atoms with E-state index in [-0.39, 0.29) is 28.0 Å². The van der Waals surface area contributed by atoms with Crippen LogP contribution in [0.3, 0.4) is 0 Å². The molecule has 1 aliphatic heterocycles. The molecule has 0 saturated carbocycles. The molecule has 1 atom stereocenters. The van der Waals surface area contributed by atoms with Crippen LogP contribution in [0.25, 0.3) is 21.5 Å². The maximum atomic E-state index is 14.1. The fraction of sp³-hybridized carbons (Fsp3) is 0.162. The molecule has 0 aliphatic carbocycles. The third-order valence-corrected chi connectivity index (χ3v) is 11.4. The van der Waals surface area contributed by atoms with Crippen molar-refractivity contribution in [2.75, 3.05) is 31.1 Å². The lowest BCUT2D eigenvalue weighted by Gasteiger charge is -2.37. The highest BCUT2D eigenvalue weighted by molar-refractivity contribution is 7.89. The Bertz CT molecular complexity index is 2430. The monoisotopic (exact) mass is 725 g/mol. The van der Waals surface area contributed by atoms with Crippen LogP contribution in [0, 0.1) is 5.82 Å². The van der Waals surface area contributed by atoms with E-state index in [9.17, 15) is 26.0 Å². The number of carbonyl (C=O) groups is 1. The molecule has 7 rings (SSSR count). The molecule has 0 unspecified atom stereocenters. The summed E-state index contributed by atoms with van der Waals surface area (Å²) in [6.45, 7) is 1.56. The summed E-state index contributed by atoms with van der Waals surface area (Å²) in [5.74, 6) is -0.747. The van der Waals surface area contributed by atoms with Crippen molar-refractivity contribution in [2.45, 2.75) is 22.5 Å². The fourth-order valence-corrected chi connectivity index (χ4v) is 8.59. The predicted octanol–water partition coefficient (Wildman–Crippen LogP) is 4.93. The summed E-state index contributed by atoms with van der Waals surface area (Å²) in [7, 11) is -8.59. The van der Waals surface area contributed by atoms with Crippen LogP contribution in [0.4, 0.5) is 10.1 Å². The average molecular weight is 726 g/mol. The number of nitrogens with zero attached hydrogens (tertiary/aromatic N) is 4. The number of pyridine rings is 2. The van der Waals surface area contributed by atoms with Crippen LogP contribution >= 0.6 is 0 Å². The standard InChI is InChI=1S/C37H32FN5O6S2/c38-29-11-13-30(14-12-29)42-21-23-43(24-22-42)37(44)34(41-50(45,46)35-32-7-3-1-5-27(32)17-19-39-35)25-26-9-15-31(16-10-26)49-51(47,48)36-33-8-4-2-6-28(33)18-20-40-36/h1-20,34,41H,21-25H2/t34-/m0/s1. The molecule has 0 bridgehead atoms. The number of aromatic nitrogens is 2. The Morgan fingerprint density at radius 1 is 0.725 bits per heavy atom. The molecule has 0 radical (unpaired) electrons. The predicted molar refractivity (Wildman–Crippen MR) is 191 cm³/mol. The summed E-state index contributed by atoms with van der Waals surface area (Å²) < 4.78 is 75.7. The fourth-order valence-electron chi connectivity index (χ4n) is 6.16. The first kappa shape index (κ1) is 34.0.